The van der Waals surface area contributed by atoms with Crippen molar-refractivity contribution < 1.29 is 14.4 Å². The number of benzene rings is 1. The van der Waals surface area contributed by atoms with Crippen LogP contribution >= 0.6 is 0 Å². The van der Waals surface area contributed by atoms with Crippen LogP contribution in [0.15, 0.2) is 16.7 Å². The number of nitrogens with one attached hydrogen (secondary N) is 1. The molecule has 0 radical (unpaired) electrons. The molecule has 1 aliphatic carbocycles. The lowest BCUT2D eigenvalue weighted by Crippen LogP contribution is -2.27. The van der Waals surface area contributed by atoms with Gasteiger partial charge in [0.15, 0.2) is 5.58 Å². The number of rotatable bonds is 9. The Hall–Kier alpha value is -1.63. The zero-order chi connectivity index (χ0) is 19.5. The Morgan fingerprint density at radius 3 is 2.79 bits per heavy atom. The van der Waals surface area contributed by atoms with Crippen LogP contribution in [0, 0.1) is 17.8 Å². The van der Waals surface area contributed by atoms with Gasteiger partial charge in [0.1, 0.15) is 5.75 Å². The van der Waals surface area contributed by atoms with Gasteiger partial charge in [-0.15, -0.1) is 0 Å². The number of aliphatic hydroxyl groups excluding tert-OH is 1. The lowest BCUT2D eigenvalue weighted by Gasteiger charge is -2.21. The molecule has 1 aliphatic heterocycles. The topological polar surface area (TPSA) is 70.8 Å². The monoisotopic (exact) mass is 387 g/mol. The van der Waals surface area contributed by atoms with Gasteiger partial charge < -0.3 is 24.6 Å². The molecule has 2 aliphatic rings. The molecule has 2 unspecified atom stereocenters. The zero-order valence-corrected chi connectivity index (χ0v) is 17.1. The molecule has 2 aromatic rings. The summed E-state index contributed by atoms with van der Waals surface area (Å²) in [5, 5.41) is 18.2. The molecule has 0 spiro atoms. The third-order valence-corrected chi connectivity index (χ3v) is 6.25. The second kappa shape index (κ2) is 8.80. The Morgan fingerprint density at radius 2 is 2.07 bits per heavy atom. The Kier molecular flexibility index (Phi) is 6.19. The smallest absolute Gasteiger partial charge is 0.175 e. The molecule has 1 saturated heterocycles. The number of aryl methyl sites for hydroxylation is 1. The van der Waals surface area contributed by atoms with Crippen molar-refractivity contribution in [3.8, 4) is 5.75 Å². The van der Waals surface area contributed by atoms with Gasteiger partial charge in [-0.3, -0.25) is 0 Å². The molecule has 6 heteroatoms. The number of aromatic nitrogens is 1. The van der Waals surface area contributed by atoms with Gasteiger partial charge >= 0.3 is 0 Å². The molecule has 1 aromatic carbocycles. The SMILES string of the molecule is CN(C)Cc1c(OCC2CC2CO)ccc2c(CCC3CCNCC3)noc12. The largest absolute Gasteiger partial charge is 0.493 e. The van der Waals surface area contributed by atoms with E-state index in [1.54, 1.807) is 0 Å². The Labute approximate surface area is 167 Å². The van der Waals surface area contributed by atoms with E-state index < -0.39 is 0 Å². The maximum Gasteiger partial charge on any atom is 0.175 e. The van der Waals surface area contributed by atoms with Crippen molar-refractivity contribution in [3.63, 3.8) is 0 Å². The summed E-state index contributed by atoms with van der Waals surface area (Å²) >= 11 is 0. The summed E-state index contributed by atoms with van der Waals surface area (Å²) in [6.07, 6.45) is 5.73. The fourth-order valence-corrected chi connectivity index (χ4v) is 4.32. The minimum Gasteiger partial charge on any atom is -0.493 e. The first-order valence-corrected chi connectivity index (χ1v) is 10.6. The Bertz CT molecular complexity index is 783. The van der Waals surface area contributed by atoms with Gasteiger partial charge in [0.2, 0.25) is 0 Å². The van der Waals surface area contributed by atoms with Crippen molar-refractivity contribution in [2.45, 2.75) is 38.6 Å². The van der Waals surface area contributed by atoms with Crippen molar-refractivity contribution in [3.05, 3.63) is 23.4 Å². The van der Waals surface area contributed by atoms with Crippen LogP contribution in [0.3, 0.4) is 0 Å². The van der Waals surface area contributed by atoms with Crippen LogP contribution in [-0.2, 0) is 13.0 Å². The fraction of sp³-hybridized carbons (Fsp3) is 0.682. The first kappa shape index (κ1) is 19.7. The lowest BCUT2D eigenvalue weighted by molar-refractivity contribution is 0.240. The summed E-state index contributed by atoms with van der Waals surface area (Å²) in [6, 6.07) is 4.18. The number of fused-ring (bicyclic) bond motifs is 1. The van der Waals surface area contributed by atoms with Crippen LogP contribution in [-0.4, -0.2) is 55.6 Å². The van der Waals surface area contributed by atoms with Gasteiger partial charge in [-0.1, -0.05) is 5.16 Å². The second-order valence-corrected chi connectivity index (χ2v) is 8.77. The average molecular weight is 388 g/mol. The number of hydrogen-bond acceptors (Lipinski definition) is 6. The zero-order valence-electron chi connectivity index (χ0n) is 17.1. The highest BCUT2D eigenvalue weighted by Gasteiger charge is 2.37. The van der Waals surface area contributed by atoms with Crippen molar-refractivity contribution in [2.75, 3.05) is 40.4 Å². The summed E-state index contributed by atoms with van der Waals surface area (Å²) in [4.78, 5) is 2.13. The molecule has 0 amide bonds. The maximum atomic E-state index is 9.25. The minimum absolute atomic E-state index is 0.264. The standard InChI is InChI=1S/C22H33N3O3/c1-25(2)12-19-21(27-14-17-11-16(17)13-26)6-4-18-20(24-28-22(18)19)5-3-15-7-9-23-10-8-15/h4,6,15-17,23,26H,3,5,7-14H2,1-2H3. The number of ether oxygens (including phenoxy) is 1. The van der Waals surface area contributed by atoms with Gasteiger partial charge in [0.05, 0.1) is 17.9 Å². The van der Waals surface area contributed by atoms with Crippen LogP contribution in [0.1, 0.15) is 36.9 Å². The molecule has 2 atom stereocenters. The number of aliphatic hydroxyl groups is 1. The molecule has 2 heterocycles. The van der Waals surface area contributed by atoms with E-state index in [-0.39, 0.29) is 6.61 Å². The molecule has 2 fully saturated rings. The van der Waals surface area contributed by atoms with Crippen molar-refractivity contribution in [2.24, 2.45) is 17.8 Å². The van der Waals surface area contributed by atoms with E-state index in [0.29, 0.717) is 18.4 Å². The van der Waals surface area contributed by atoms with E-state index in [1.807, 2.05) is 0 Å². The highest BCUT2D eigenvalue weighted by atomic mass is 16.5. The molecular weight excluding hydrogens is 354 g/mol. The van der Waals surface area contributed by atoms with Crippen LogP contribution in [0.5, 0.6) is 5.75 Å². The maximum absolute atomic E-state index is 9.25. The van der Waals surface area contributed by atoms with Gasteiger partial charge in [-0.2, -0.15) is 0 Å². The molecule has 6 nitrogen and oxygen atoms in total. The summed E-state index contributed by atoms with van der Waals surface area (Å²) in [7, 11) is 4.11. The molecule has 1 saturated carbocycles. The van der Waals surface area contributed by atoms with E-state index in [2.05, 4.69) is 41.6 Å². The van der Waals surface area contributed by atoms with Gasteiger partial charge in [-0.05, 0) is 89.2 Å². The highest BCUT2D eigenvalue weighted by Crippen LogP contribution is 2.39. The van der Waals surface area contributed by atoms with Crippen LogP contribution in [0.4, 0.5) is 0 Å². The fourth-order valence-electron chi connectivity index (χ4n) is 4.32. The first-order valence-electron chi connectivity index (χ1n) is 10.6. The van der Waals surface area contributed by atoms with E-state index in [1.165, 1.54) is 19.3 Å². The predicted octanol–water partition coefficient (Wildman–Crippen LogP) is 2.83. The number of piperidine rings is 1. The number of hydrogen-bond donors (Lipinski definition) is 2. The molecule has 0 bridgehead atoms. The summed E-state index contributed by atoms with van der Waals surface area (Å²) in [5.41, 5.74) is 3.01. The van der Waals surface area contributed by atoms with Crippen molar-refractivity contribution >= 4 is 11.0 Å². The molecular formula is C22H33N3O3. The van der Waals surface area contributed by atoms with Crippen molar-refractivity contribution in [1.82, 2.24) is 15.4 Å². The predicted molar refractivity (Wildman–Crippen MR) is 109 cm³/mol. The summed E-state index contributed by atoms with van der Waals surface area (Å²) < 4.78 is 12.0. The second-order valence-electron chi connectivity index (χ2n) is 8.77. The summed E-state index contributed by atoms with van der Waals surface area (Å²) in [6.45, 7) is 3.95. The van der Waals surface area contributed by atoms with Crippen molar-refractivity contribution in [1.29, 1.82) is 0 Å². The van der Waals surface area contributed by atoms with Crippen LogP contribution in [0.2, 0.25) is 0 Å². The molecule has 154 valence electrons. The van der Waals surface area contributed by atoms with Gasteiger partial charge in [0, 0.05) is 18.5 Å². The molecule has 1 aromatic heterocycles. The summed E-state index contributed by atoms with van der Waals surface area (Å²) in [5.74, 6) is 2.55. The van der Waals surface area contributed by atoms with Crippen LogP contribution < -0.4 is 10.1 Å². The quantitative estimate of drug-likeness (QED) is 0.689. The Morgan fingerprint density at radius 1 is 1.25 bits per heavy atom. The van der Waals surface area contributed by atoms with E-state index in [4.69, 9.17) is 9.26 Å². The minimum atomic E-state index is 0.264. The van der Waals surface area contributed by atoms with E-state index >= 15 is 0 Å². The molecule has 2 N–H and O–H groups in total. The average Bonchev–Trinajstić information content (AvgIpc) is 3.35. The Balaban J connectivity index is 1.50. The van der Waals surface area contributed by atoms with Gasteiger partial charge in [-0.25, -0.2) is 0 Å². The number of nitrogens with zero attached hydrogens (tertiary/aromatic N) is 2. The third kappa shape index (κ3) is 4.50. The van der Waals surface area contributed by atoms with Gasteiger partial charge in [0.25, 0.3) is 0 Å². The third-order valence-electron chi connectivity index (χ3n) is 6.25. The highest BCUT2D eigenvalue weighted by molar-refractivity contribution is 5.84. The van der Waals surface area contributed by atoms with E-state index in [0.717, 1.165) is 66.4 Å². The molecule has 28 heavy (non-hydrogen) atoms. The van der Waals surface area contributed by atoms with Crippen LogP contribution in [0.25, 0.3) is 11.0 Å². The molecule has 4 rings (SSSR count). The normalized spacial score (nSPS) is 22.9. The first-order chi connectivity index (χ1) is 13.7. The van der Waals surface area contributed by atoms with E-state index in [9.17, 15) is 5.11 Å². The lowest BCUT2D eigenvalue weighted by atomic mass is 9.92.